The maximum Gasteiger partial charge on any atom is 0.361 e. The molecule has 0 aliphatic rings. The van der Waals surface area contributed by atoms with E-state index in [1.165, 1.54) is 89.9 Å². The van der Waals surface area contributed by atoms with E-state index in [1.54, 1.807) is 0 Å². The molecule has 0 saturated heterocycles. The van der Waals surface area contributed by atoms with Crippen molar-refractivity contribution >= 4 is 17.9 Å². The molecule has 2 unspecified atom stereocenters. The second-order valence-electron chi connectivity index (χ2n) is 18.5. The summed E-state index contributed by atoms with van der Waals surface area (Å²) in [6.07, 6.45) is 56.8. The summed E-state index contributed by atoms with van der Waals surface area (Å²) in [7, 11) is 5.95. The molecule has 0 bridgehead atoms. The van der Waals surface area contributed by atoms with Gasteiger partial charge in [-0.1, -0.05) is 202 Å². The summed E-state index contributed by atoms with van der Waals surface area (Å²) in [4.78, 5) is 37.2. The molecule has 9 nitrogen and oxygen atoms in total. The van der Waals surface area contributed by atoms with Gasteiger partial charge in [0.05, 0.1) is 34.4 Å². The first-order valence-electron chi connectivity index (χ1n) is 26.1. The Kier molecular flexibility index (Phi) is 44.9. The van der Waals surface area contributed by atoms with E-state index in [0.29, 0.717) is 23.9 Å². The molecule has 0 rings (SSSR count). The fraction of sp³-hybridized carbons (Fsp3) is 0.732. The molecule has 0 amide bonds. The van der Waals surface area contributed by atoms with E-state index in [1.807, 2.05) is 21.1 Å². The molecule has 2 atom stereocenters. The number of quaternary nitrogens is 1. The summed E-state index contributed by atoms with van der Waals surface area (Å²) in [6, 6.07) is 0. The molecule has 0 aromatic carbocycles. The first kappa shape index (κ1) is 61.7. The number of likely N-dealkylation sites (N-methyl/N-ethyl adjacent to an activating group) is 1. The zero-order valence-electron chi connectivity index (χ0n) is 42.4. The fourth-order valence-corrected chi connectivity index (χ4v) is 6.96. The van der Waals surface area contributed by atoms with Crippen molar-refractivity contribution in [1.29, 1.82) is 0 Å². The second kappa shape index (κ2) is 47.2. The van der Waals surface area contributed by atoms with E-state index in [4.69, 9.17) is 18.9 Å². The van der Waals surface area contributed by atoms with Gasteiger partial charge < -0.3 is 28.5 Å². The van der Waals surface area contributed by atoms with Gasteiger partial charge >= 0.3 is 17.9 Å². The lowest BCUT2D eigenvalue weighted by Gasteiger charge is -2.25. The highest BCUT2D eigenvalue weighted by molar-refractivity contribution is 5.71. The molecule has 0 radical (unpaired) electrons. The van der Waals surface area contributed by atoms with Crippen molar-refractivity contribution in [1.82, 2.24) is 0 Å². The van der Waals surface area contributed by atoms with Crippen molar-refractivity contribution < 1.29 is 42.9 Å². The average molecular weight is 913 g/mol. The number of ether oxygens (including phenoxy) is 4. The van der Waals surface area contributed by atoms with Crippen LogP contribution in [0.2, 0.25) is 0 Å². The van der Waals surface area contributed by atoms with Gasteiger partial charge in [-0.3, -0.25) is 9.59 Å². The molecule has 1 N–H and O–H groups in total. The topological polar surface area (TPSA) is 108 Å². The van der Waals surface area contributed by atoms with Gasteiger partial charge in [-0.05, 0) is 64.2 Å². The van der Waals surface area contributed by atoms with Gasteiger partial charge in [0.2, 0.25) is 0 Å². The minimum atomic E-state index is -1.51. The number of aliphatic carboxylic acids is 1. The number of nitrogens with zero attached hydrogens (tertiary/aromatic N) is 1. The van der Waals surface area contributed by atoms with Crippen LogP contribution in [0.25, 0.3) is 0 Å². The standard InChI is InChI=1S/C56H97NO8/c1-6-8-10-12-14-16-18-20-21-22-23-24-25-26-27-28-29-30-31-32-33-35-37-39-41-43-45-47-54(59)65-52(51-64-56(55(60)61)62-49-48-57(3,4)5)50-63-53(58)46-44-42-40-38-36-34-19-17-15-13-11-9-7-2/h8,10,14,16,20-21,23-24,26-27,29-30,52,56H,6-7,9,11-13,15,17-19,22,25,28,31-51H2,1-5H3/p+1/b10-8-,16-14-,21-20-,24-23-,27-26-,30-29-. The Morgan fingerprint density at radius 1 is 0.477 bits per heavy atom. The molecule has 374 valence electrons. The van der Waals surface area contributed by atoms with Gasteiger partial charge in [0.15, 0.2) is 6.10 Å². The van der Waals surface area contributed by atoms with E-state index >= 15 is 0 Å². The molecular formula is C56H98NO8+. The predicted molar refractivity (Wildman–Crippen MR) is 272 cm³/mol. The Balaban J connectivity index is 4.30. The van der Waals surface area contributed by atoms with Crippen LogP contribution in [0, 0.1) is 0 Å². The molecule has 0 aliphatic heterocycles. The van der Waals surface area contributed by atoms with Crippen LogP contribution in [0.1, 0.15) is 206 Å². The van der Waals surface area contributed by atoms with Crippen molar-refractivity contribution in [2.75, 3.05) is 47.5 Å². The third-order valence-electron chi connectivity index (χ3n) is 11.0. The quantitative estimate of drug-likeness (QED) is 0.0211. The lowest BCUT2D eigenvalue weighted by molar-refractivity contribution is -0.870. The van der Waals surface area contributed by atoms with Crippen LogP contribution < -0.4 is 0 Å². The summed E-state index contributed by atoms with van der Waals surface area (Å²) in [5.41, 5.74) is 0. The smallest absolute Gasteiger partial charge is 0.361 e. The predicted octanol–water partition coefficient (Wildman–Crippen LogP) is 14.7. The van der Waals surface area contributed by atoms with Gasteiger partial charge in [0.1, 0.15) is 13.2 Å². The molecule has 0 aromatic rings. The van der Waals surface area contributed by atoms with Gasteiger partial charge in [-0.25, -0.2) is 4.79 Å². The number of carboxylic acid groups (broad SMARTS) is 1. The van der Waals surface area contributed by atoms with Crippen LogP contribution in [-0.2, 0) is 33.3 Å². The van der Waals surface area contributed by atoms with Gasteiger partial charge in [-0.2, -0.15) is 0 Å². The van der Waals surface area contributed by atoms with E-state index in [-0.39, 0.29) is 32.2 Å². The second-order valence-corrected chi connectivity index (χ2v) is 18.5. The fourth-order valence-electron chi connectivity index (χ4n) is 6.96. The van der Waals surface area contributed by atoms with Crippen molar-refractivity contribution in [2.45, 2.75) is 219 Å². The van der Waals surface area contributed by atoms with Gasteiger partial charge in [0.25, 0.3) is 6.29 Å². The van der Waals surface area contributed by atoms with Crippen LogP contribution in [-0.4, -0.2) is 87.4 Å². The van der Waals surface area contributed by atoms with Crippen LogP contribution in [0.3, 0.4) is 0 Å². The van der Waals surface area contributed by atoms with Crippen LogP contribution in [0.4, 0.5) is 0 Å². The van der Waals surface area contributed by atoms with Gasteiger partial charge in [-0.15, -0.1) is 0 Å². The Morgan fingerprint density at radius 3 is 1.31 bits per heavy atom. The van der Waals surface area contributed by atoms with E-state index in [0.717, 1.165) is 83.5 Å². The molecular weight excluding hydrogens is 815 g/mol. The number of hydrogen-bond donors (Lipinski definition) is 1. The number of allylic oxidation sites excluding steroid dienone is 12. The lowest BCUT2D eigenvalue weighted by atomic mass is 10.0. The van der Waals surface area contributed by atoms with Crippen molar-refractivity contribution in [3.63, 3.8) is 0 Å². The molecule has 9 heteroatoms. The Bertz CT molecular complexity index is 1290. The van der Waals surface area contributed by atoms with E-state index < -0.39 is 24.3 Å². The van der Waals surface area contributed by atoms with Crippen LogP contribution >= 0.6 is 0 Å². The molecule has 0 spiro atoms. The number of carboxylic acids is 1. The molecule has 0 saturated carbocycles. The Morgan fingerprint density at radius 2 is 0.877 bits per heavy atom. The summed E-state index contributed by atoms with van der Waals surface area (Å²) >= 11 is 0. The highest BCUT2D eigenvalue weighted by Gasteiger charge is 2.25. The average Bonchev–Trinajstić information content (AvgIpc) is 3.27. The minimum Gasteiger partial charge on any atom is -0.477 e. The zero-order chi connectivity index (χ0) is 47.7. The van der Waals surface area contributed by atoms with Crippen LogP contribution in [0.5, 0.6) is 0 Å². The summed E-state index contributed by atoms with van der Waals surface area (Å²) < 4.78 is 22.8. The van der Waals surface area contributed by atoms with Crippen molar-refractivity contribution in [3.05, 3.63) is 72.9 Å². The first-order chi connectivity index (χ1) is 31.6. The Labute approximate surface area is 398 Å². The first-order valence-corrected chi connectivity index (χ1v) is 26.1. The maximum absolute atomic E-state index is 12.8. The van der Waals surface area contributed by atoms with Crippen LogP contribution in [0.15, 0.2) is 72.9 Å². The highest BCUT2D eigenvalue weighted by atomic mass is 16.7. The minimum absolute atomic E-state index is 0.184. The molecule has 65 heavy (non-hydrogen) atoms. The monoisotopic (exact) mass is 913 g/mol. The Hall–Kier alpha value is -3.27. The largest absolute Gasteiger partial charge is 0.477 e. The number of unbranched alkanes of at least 4 members (excludes halogenated alkanes) is 20. The number of carbonyl (C=O) groups is 3. The lowest BCUT2D eigenvalue weighted by Crippen LogP contribution is -2.40. The number of hydrogen-bond acceptors (Lipinski definition) is 7. The number of carbonyl (C=O) groups excluding carboxylic acids is 2. The van der Waals surface area contributed by atoms with E-state index in [2.05, 4.69) is 86.8 Å². The van der Waals surface area contributed by atoms with Crippen molar-refractivity contribution in [3.8, 4) is 0 Å². The molecule has 0 aromatic heterocycles. The summed E-state index contributed by atoms with van der Waals surface area (Å²) in [5, 5.41) is 9.67. The highest BCUT2D eigenvalue weighted by Crippen LogP contribution is 2.15. The molecule has 0 heterocycles. The van der Waals surface area contributed by atoms with Gasteiger partial charge in [0, 0.05) is 12.8 Å². The maximum atomic E-state index is 12.8. The molecule has 0 aliphatic carbocycles. The summed E-state index contributed by atoms with van der Waals surface area (Å²) in [6.45, 7) is 4.75. The third kappa shape index (κ3) is 48.5. The normalized spacial score (nSPS) is 13.4. The van der Waals surface area contributed by atoms with Crippen molar-refractivity contribution in [2.24, 2.45) is 0 Å². The zero-order valence-corrected chi connectivity index (χ0v) is 42.4. The number of esters is 2. The van der Waals surface area contributed by atoms with E-state index in [9.17, 15) is 19.5 Å². The molecule has 0 fully saturated rings. The summed E-state index contributed by atoms with van der Waals surface area (Å²) in [5.74, 6) is -2.02. The SMILES string of the molecule is CC/C=C\C/C=C\C/C=C\C/C=C\C/C=C\C/C=C\CCCCCCCCCCC(=O)OC(COC(=O)CCCCCCCCCCCCCCC)COC(OCC[N+](C)(C)C)C(=O)O. The number of rotatable bonds is 47. The third-order valence-corrected chi connectivity index (χ3v) is 11.0.